The molecule has 2 aromatic carbocycles. The highest BCUT2D eigenvalue weighted by atomic mass is 32.2. The second-order valence-corrected chi connectivity index (χ2v) is 8.72. The average molecular weight is 468 g/mol. The summed E-state index contributed by atoms with van der Waals surface area (Å²) in [6.07, 6.45) is 0. The van der Waals surface area contributed by atoms with Gasteiger partial charge in [0, 0.05) is 6.07 Å². The molecular weight excluding hydrogens is 446 g/mol. The van der Waals surface area contributed by atoms with Gasteiger partial charge in [0.05, 0.1) is 36.9 Å². The van der Waals surface area contributed by atoms with Crippen molar-refractivity contribution >= 4 is 44.9 Å². The number of thiophene rings is 1. The fourth-order valence-electron chi connectivity index (χ4n) is 3.24. The van der Waals surface area contributed by atoms with Gasteiger partial charge in [0.2, 0.25) is 5.91 Å². The van der Waals surface area contributed by atoms with Gasteiger partial charge in [-0.15, -0.1) is 11.3 Å². The number of hydrogen-bond acceptors (Lipinski definition) is 7. The predicted octanol–water partition coefficient (Wildman–Crippen LogP) is 4.50. The molecule has 0 atom stereocenters. The molecule has 0 fully saturated rings. The molecule has 1 amide bonds. The van der Waals surface area contributed by atoms with Crippen molar-refractivity contribution in [1.29, 1.82) is 0 Å². The van der Waals surface area contributed by atoms with Crippen LogP contribution in [0.25, 0.3) is 15.9 Å². The van der Waals surface area contributed by atoms with Crippen LogP contribution in [-0.2, 0) is 4.79 Å². The fourth-order valence-corrected chi connectivity index (χ4v) is 4.81. The van der Waals surface area contributed by atoms with E-state index in [0.29, 0.717) is 32.6 Å². The summed E-state index contributed by atoms with van der Waals surface area (Å²) in [5.74, 6) is 0.942. The summed E-state index contributed by atoms with van der Waals surface area (Å²) < 4.78 is 12.7. The van der Waals surface area contributed by atoms with E-state index in [4.69, 9.17) is 9.47 Å². The summed E-state index contributed by atoms with van der Waals surface area (Å²) in [6, 6.07) is 14.6. The number of amides is 1. The summed E-state index contributed by atoms with van der Waals surface area (Å²) >= 11 is 2.57. The molecule has 0 spiro atoms. The summed E-state index contributed by atoms with van der Waals surface area (Å²) in [7, 11) is 3.09. The van der Waals surface area contributed by atoms with Crippen molar-refractivity contribution < 1.29 is 14.3 Å². The van der Waals surface area contributed by atoms with Crippen molar-refractivity contribution in [3.63, 3.8) is 0 Å². The van der Waals surface area contributed by atoms with Crippen LogP contribution in [0.1, 0.15) is 5.56 Å². The summed E-state index contributed by atoms with van der Waals surface area (Å²) in [4.78, 5) is 30.6. The molecule has 0 aliphatic rings. The molecule has 0 aliphatic carbocycles. The number of ether oxygens (including phenoxy) is 2. The van der Waals surface area contributed by atoms with Crippen molar-refractivity contribution in [3.05, 3.63) is 69.8 Å². The van der Waals surface area contributed by atoms with Gasteiger partial charge in [0.15, 0.2) is 5.16 Å². The fraction of sp³-hybridized carbons (Fsp3) is 0.174. The minimum Gasteiger partial charge on any atom is -0.497 e. The van der Waals surface area contributed by atoms with Crippen LogP contribution >= 0.6 is 23.1 Å². The van der Waals surface area contributed by atoms with Crippen molar-refractivity contribution in [1.82, 2.24) is 9.55 Å². The second kappa shape index (κ2) is 9.46. The van der Waals surface area contributed by atoms with Gasteiger partial charge in [-0.3, -0.25) is 14.2 Å². The zero-order valence-corrected chi connectivity index (χ0v) is 19.4. The number of nitrogens with one attached hydrogen (secondary N) is 1. The smallest absolute Gasteiger partial charge is 0.276 e. The first-order chi connectivity index (χ1) is 15.5. The number of para-hydroxylation sites is 1. The van der Waals surface area contributed by atoms with Crippen molar-refractivity contribution in [2.24, 2.45) is 0 Å². The minimum absolute atomic E-state index is 0.0638. The minimum atomic E-state index is -0.252. The number of benzene rings is 2. The molecule has 0 saturated carbocycles. The number of anilines is 1. The van der Waals surface area contributed by atoms with Gasteiger partial charge in [-0.1, -0.05) is 30.0 Å². The van der Waals surface area contributed by atoms with Crippen molar-refractivity contribution in [2.75, 3.05) is 25.3 Å². The third-order valence-corrected chi connectivity index (χ3v) is 6.65. The number of carbonyl (C=O) groups excluding carboxylic acids is 1. The normalized spacial score (nSPS) is 10.8. The lowest BCUT2D eigenvalue weighted by Crippen LogP contribution is -2.22. The van der Waals surface area contributed by atoms with E-state index >= 15 is 0 Å². The zero-order chi connectivity index (χ0) is 22.7. The largest absolute Gasteiger partial charge is 0.497 e. The van der Waals surface area contributed by atoms with Crippen LogP contribution in [0.2, 0.25) is 0 Å². The number of carbonyl (C=O) groups is 1. The molecule has 0 bridgehead atoms. The van der Waals surface area contributed by atoms with Gasteiger partial charge in [-0.05, 0) is 42.1 Å². The first-order valence-corrected chi connectivity index (χ1v) is 11.6. The number of fused-ring (bicyclic) bond motifs is 1. The molecular formula is C23H21N3O4S2. The number of methoxy groups -OCH3 is 2. The molecule has 164 valence electrons. The van der Waals surface area contributed by atoms with E-state index in [9.17, 15) is 9.59 Å². The Kier molecular flexibility index (Phi) is 6.48. The maximum Gasteiger partial charge on any atom is 0.276 e. The van der Waals surface area contributed by atoms with E-state index in [1.54, 1.807) is 29.9 Å². The quantitative estimate of drug-likeness (QED) is 0.318. The van der Waals surface area contributed by atoms with Crippen LogP contribution < -0.4 is 20.3 Å². The molecule has 0 aliphatic heterocycles. The average Bonchev–Trinajstić information content (AvgIpc) is 3.27. The van der Waals surface area contributed by atoms with Crippen LogP contribution in [0.4, 0.5) is 5.69 Å². The maximum absolute atomic E-state index is 13.2. The molecule has 2 aromatic heterocycles. The summed E-state index contributed by atoms with van der Waals surface area (Å²) in [5, 5.41) is 5.15. The zero-order valence-electron chi connectivity index (χ0n) is 17.7. The van der Waals surface area contributed by atoms with E-state index in [1.807, 2.05) is 42.6 Å². The third kappa shape index (κ3) is 4.35. The van der Waals surface area contributed by atoms with Crippen LogP contribution in [-0.4, -0.2) is 35.4 Å². The Balaban J connectivity index is 1.64. The molecule has 32 heavy (non-hydrogen) atoms. The molecule has 1 N–H and O–H groups in total. The summed E-state index contributed by atoms with van der Waals surface area (Å²) in [5.41, 5.74) is 2.69. The van der Waals surface area contributed by atoms with Gasteiger partial charge >= 0.3 is 0 Å². The Morgan fingerprint density at radius 2 is 1.97 bits per heavy atom. The van der Waals surface area contributed by atoms with E-state index in [1.165, 1.54) is 30.2 Å². The maximum atomic E-state index is 13.2. The lowest BCUT2D eigenvalue weighted by atomic mass is 10.2. The van der Waals surface area contributed by atoms with Crippen LogP contribution in [0, 0.1) is 6.92 Å². The number of thioether (sulfide) groups is 1. The SMILES string of the molecule is COc1ccc(OC)c(NC(=O)CSc2nc3ccsc3c(=O)n2-c2ccccc2C)c1. The Morgan fingerprint density at radius 1 is 1.16 bits per heavy atom. The Bertz CT molecular complexity index is 1350. The molecule has 0 saturated heterocycles. The lowest BCUT2D eigenvalue weighted by Gasteiger charge is -2.14. The van der Waals surface area contributed by atoms with Crippen LogP contribution in [0.5, 0.6) is 11.5 Å². The number of rotatable bonds is 7. The first kappa shape index (κ1) is 21.9. The van der Waals surface area contributed by atoms with E-state index in [0.717, 1.165) is 11.3 Å². The molecule has 7 nitrogen and oxygen atoms in total. The van der Waals surface area contributed by atoms with Crippen molar-refractivity contribution in [3.8, 4) is 17.2 Å². The molecule has 0 unspecified atom stereocenters. The van der Waals surface area contributed by atoms with E-state index in [-0.39, 0.29) is 17.2 Å². The van der Waals surface area contributed by atoms with Gasteiger partial charge in [0.25, 0.3) is 5.56 Å². The monoisotopic (exact) mass is 467 g/mol. The standard InChI is InChI=1S/C23H21N3O4S2/c1-14-6-4-5-7-18(14)26-22(28)21-16(10-11-31-21)25-23(26)32-13-20(27)24-17-12-15(29-2)8-9-19(17)30-3/h4-12H,13H2,1-3H3,(H,24,27). The molecule has 2 heterocycles. The number of nitrogens with zero attached hydrogens (tertiary/aromatic N) is 2. The van der Waals surface area contributed by atoms with Gasteiger partial charge < -0.3 is 14.8 Å². The molecule has 0 radical (unpaired) electrons. The predicted molar refractivity (Wildman–Crippen MR) is 129 cm³/mol. The van der Waals surface area contributed by atoms with Crippen LogP contribution in [0.15, 0.2) is 63.9 Å². The Morgan fingerprint density at radius 3 is 2.72 bits per heavy atom. The van der Waals surface area contributed by atoms with E-state index in [2.05, 4.69) is 10.3 Å². The third-order valence-electron chi connectivity index (χ3n) is 4.82. The highest BCUT2D eigenvalue weighted by Gasteiger charge is 2.17. The van der Waals surface area contributed by atoms with Gasteiger partial charge in [-0.2, -0.15) is 0 Å². The van der Waals surface area contributed by atoms with Crippen molar-refractivity contribution in [2.45, 2.75) is 12.1 Å². The highest BCUT2D eigenvalue weighted by molar-refractivity contribution is 7.99. The highest BCUT2D eigenvalue weighted by Crippen LogP contribution is 2.30. The summed E-state index contributed by atoms with van der Waals surface area (Å²) in [6.45, 7) is 1.94. The Labute approximate surface area is 193 Å². The topological polar surface area (TPSA) is 82.5 Å². The lowest BCUT2D eigenvalue weighted by molar-refractivity contribution is -0.113. The van der Waals surface area contributed by atoms with E-state index < -0.39 is 0 Å². The first-order valence-electron chi connectivity index (χ1n) is 9.72. The molecule has 9 heteroatoms. The number of aromatic nitrogens is 2. The van der Waals surface area contributed by atoms with Crippen LogP contribution in [0.3, 0.4) is 0 Å². The Hall–Kier alpha value is -3.30. The molecule has 4 rings (SSSR count). The van der Waals surface area contributed by atoms with Gasteiger partial charge in [0.1, 0.15) is 16.2 Å². The number of aryl methyl sites for hydroxylation is 1. The van der Waals surface area contributed by atoms with Gasteiger partial charge in [-0.25, -0.2) is 4.98 Å². The molecule has 4 aromatic rings. The second-order valence-electron chi connectivity index (χ2n) is 6.86. The number of hydrogen-bond donors (Lipinski definition) is 1.